The molecule has 1 aromatic heterocycles. The molecule has 1 heterocycles. The van der Waals surface area contributed by atoms with Gasteiger partial charge in [0.1, 0.15) is 6.61 Å². The van der Waals surface area contributed by atoms with E-state index in [9.17, 15) is 4.39 Å². The molecule has 0 amide bonds. The van der Waals surface area contributed by atoms with Crippen molar-refractivity contribution in [1.29, 1.82) is 0 Å². The minimum atomic E-state index is -0.404. The number of halogens is 2. The van der Waals surface area contributed by atoms with Crippen molar-refractivity contribution in [1.82, 2.24) is 9.78 Å². The van der Waals surface area contributed by atoms with Gasteiger partial charge in [0, 0.05) is 13.1 Å². The molecule has 2 rings (SSSR count). The van der Waals surface area contributed by atoms with Gasteiger partial charge in [0.15, 0.2) is 11.6 Å². The zero-order chi connectivity index (χ0) is 15.6. The molecule has 0 aliphatic carbocycles. The molecule has 0 saturated heterocycles. The highest BCUT2D eigenvalue weighted by atomic mass is 79.9. The lowest BCUT2D eigenvalue weighted by molar-refractivity contribution is 0.279. The van der Waals surface area contributed by atoms with Crippen LogP contribution in [0.3, 0.4) is 0 Å². The van der Waals surface area contributed by atoms with E-state index in [0.29, 0.717) is 0 Å². The normalized spacial score (nSPS) is 12.5. The molecular weight excluding hydrogens is 337 g/mol. The van der Waals surface area contributed by atoms with Crippen LogP contribution >= 0.6 is 15.9 Å². The fraction of sp³-hybridized carbons (Fsp3) is 0.400. The molecule has 0 radical (unpaired) electrons. The lowest BCUT2D eigenvalue weighted by atomic mass is 10.1. The zero-order valence-electron chi connectivity index (χ0n) is 12.4. The highest BCUT2D eigenvalue weighted by Crippen LogP contribution is 2.25. The lowest BCUT2D eigenvalue weighted by Crippen LogP contribution is -2.07. The van der Waals surface area contributed by atoms with Crippen LogP contribution in [-0.2, 0) is 20.1 Å². The number of hydrogen-bond donors (Lipinski definition) is 1. The van der Waals surface area contributed by atoms with Gasteiger partial charge >= 0.3 is 0 Å². The Morgan fingerprint density at radius 1 is 1.48 bits per heavy atom. The van der Waals surface area contributed by atoms with Gasteiger partial charge in [0.2, 0.25) is 0 Å². The summed E-state index contributed by atoms with van der Waals surface area (Å²) in [6.07, 6.45) is 0.825. The van der Waals surface area contributed by atoms with E-state index in [2.05, 4.69) is 21.0 Å². The van der Waals surface area contributed by atoms with E-state index in [0.717, 1.165) is 27.8 Å². The predicted octanol–water partition coefficient (Wildman–Crippen LogP) is 3.48. The Balaban J connectivity index is 2.15. The van der Waals surface area contributed by atoms with E-state index in [1.165, 1.54) is 6.07 Å². The molecule has 1 unspecified atom stereocenters. The molecule has 1 aromatic carbocycles. The van der Waals surface area contributed by atoms with Gasteiger partial charge in [-0.2, -0.15) is 5.10 Å². The second-order valence-electron chi connectivity index (χ2n) is 4.95. The maximum atomic E-state index is 14.0. The summed E-state index contributed by atoms with van der Waals surface area (Å²) in [4.78, 5) is 0. The topological polar surface area (TPSA) is 53.1 Å². The Hall–Kier alpha value is -1.40. The van der Waals surface area contributed by atoms with Crippen molar-refractivity contribution >= 4 is 15.9 Å². The Bertz CT molecular complexity index is 640. The third kappa shape index (κ3) is 3.44. The van der Waals surface area contributed by atoms with Crippen LogP contribution < -0.4 is 10.5 Å². The van der Waals surface area contributed by atoms with Gasteiger partial charge in [-0.05, 0) is 47.0 Å². The van der Waals surface area contributed by atoms with E-state index < -0.39 is 5.82 Å². The Morgan fingerprint density at radius 2 is 2.19 bits per heavy atom. The van der Waals surface area contributed by atoms with Crippen molar-refractivity contribution in [2.75, 3.05) is 0 Å². The first-order valence-electron chi connectivity index (χ1n) is 6.82. The van der Waals surface area contributed by atoms with Crippen molar-refractivity contribution in [3.05, 3.63) is 45.4 Å². The number of nitrogens with zero attached hydrogens (tertiary/aromatic N) is 2. The van der Waals surface area contributed by atoms with E-state index in [-0.39, 0.29) is 18.4 Å². The summed E-state index contributed by atoms with van der Waals surface area (Å²) in [7, 11) is 1.85. The molecule has 2 N–H and O–H groups in total. The summed E-state index contributed by atoms with van der Waals surface area (Å²) < 4.78 is 22.2. The summed E-state index contributed by atoms with van der Waals surface area (Å²) in [5.41, 5.74) is 8.31. The second-order valence-corrected chi connectivity index (χ2v) is 5.74. The van der Waals surface area contributed by atoms with Crippen LogP contribution in [0.4, 0.5) is 4.39 Å². The van der Waals surface area contributed by atoms with E-state index in [1.54, 1.807) is 16.8 Å². The molecule has 6 heteroatoms. The summed E-state index contributed by atoms with van der Waals surface area (Å²) in [6.45, 7) is 4.09. The van der Waals surface area contributed by atoms with Crippen LogP contribution in [0.5, 0.6) is 5.75 Å². The molecule has 0 spiro atoms. The standard InChI is InChI=1S/C15H19BrFN3O/c1-4-12-15(16)13(20(3)19-12)8-21-14-6-5-10(9(2)18)7-11(14)17/h5-7,9H,4,8,18H2,1-3H3. The molecule has 0 aliphatic heterocycles. The van der Waals surface area contributed by atoms with Crippen molar-refractivity contribution in [2.24, 2.45) is 12.8 Å². The number of ether oxygens (including phenoxy) is 1. The minimum absolute atomic E-state index is 0.202. The Labute approximate surface area is 132 Å². The third-order valence-corrected chi connectivity index (χ3v) is 4.26. The van der Waals surface area contributed by atoms with Crippen molar-refractivity contribution in [3.8, 4) is 5.75 Å². The Kier molecular flexibility index (Phi) is 5.00. The van der Waals surface area contributed by atoms with Gasteiger partial charge < -0.3 is 10.5 Å². The number of rotatable bonds is 5. The van der Waals surface area contributed by atoms with Crippen molar-refractivity contribution < 1.29 is 9.13 Å². The first-order valence-corrected chi connectivity index (χ1v) is 7.61. The van der Waals surface area contributed by atoms with Crippen LogP contribution in [0, 0.1) is 5.82 Å². The minimum Gasteiger partial charge on any atom is -0.484 e. The first kappa shape index (κ1) is 16.0. The third-order valence-electron chi connectivity index (χ3n) is 3.35. The molecular formula is C15H19BrFN3O. The molecule has 0 fully saturated rings. The lowest BCUT2D eigenvalue weighted by Gasteiger charge is -2.11. The van der Waals surface area contributed by atoms with Crippen LogP contribution in [0.15, 0.2) is 22.7 Å². The molecule has 1 atom stereocenters. The quantitative estimate of drug-likeness (QED) is 0.892. The van der Waals surface area contributed by atoms with Gasteiger partial charge in [-0.3, -0.25) is 4.68 Å². The summed E-state index contributed by atoms with van der Waals surface area (Å²) in [6, 6.07) is 4.60. The average molecular weight is 356 g/mol. The molecule has 0 aliphatic rings. The highest BCUT2D eigenvalue weighted by Gasteiger charge is 2.14. The molecule has 0 saturated carbocycles. The first-order chi connectivity index (χ1) is 9.93. The summed E-state index contributed by atoms with van der Waals surface area (Å²) in [5, 5.41) is 4.38. The SMILES string of the molecule is CCc1nn(C)c(COc2ccc(C(C)N)cc2F)c1Br. The average Bonchev–Trinajstić information content (AvgIpc) is 2.72. The molecule has 4 nitrogen and oxygen atoms in total. The van der Waals surface area contributed by atoms with E-state index in [1.807, 2.05) is 20.9 Å². The van der Waals surface area contributed by atoms with Gasteiger partial charge in [0.05, 0.1) is 15.9 Å². The van der Waals surface area contributed by atoms with Crippen LogP contribution in [-0.4, -0.2) is 9.78 Å². The van der Waals surface area contributed by atoms with Gasteiger partial charge in [-0.1, -0.05) is 13.0 Å². The maximum Gasteiger partial charge on any atom is 0.165 e. The fourth-order valence-corrected chi connectivity index (χ4v) is 2.77. The van der Waals surface area contributed by atoms with E-state index >= 15 is 0 Å². The maximum absolute atomic E-state index is 14.0. The van der Waals surface area contributed by atoms with E-state index in [4.69, 9.17) is 10.5 Å². The van der Waals surface area contributed by atoms with Crippen LogP contribution in [0.25, 0.3) is 0 Å². The number of benzene rings is 1. The zero-order valence-corrected chi connectivity index (χ0v) is 13.9. The Morgan fingerprint density at radius 3 is 2.71 bits per heavy atom. The number of aryl methyl sites for hydroxylation is 2. The monoisotopic (exact) mass is 355 g/mol. The molecule has 21 heavy (non-hydrogen) atoms. The van der Waals surface area contributed by atoms with Crippen LogP contribution in [0.2, 0.25) is 0 Å². The number of hydrogen-bond acceptors (Lipinski definition) is 3. The number of aromatic nitrogens is 2. The van der Waals surface area contributed by atoms with Crippen molar-refractivity contribution in [2.45, 2.75) is 32.9 Å². The fourth-order valence-electron chi connectivity index (χ4n) is 2.04. The highest BCUT2D eigenvalue weighted by molar-refractivity contribution is 9.10. The molecule has 2 aromatic rings. The summed E-state index contributed by atoms with van der Waals surface area (Å²) in [5.74, 6) is -0.190. The molecule has 0 bridgehead atoms. The number of nitrogens with two attached hydrogens (primary N) is 1. The largest absolute Gasteiger partial charge is 0.484 e. The second kappa shape index (κ2) is 6.58. The van der Waals surface area contributed by atoms with Gasteiger partial charge in [-0.15, -0.1) is 0 Å². The van der Waals surface area contributed by atoms with Gasteiger partial charge in [0.25, 0.3) is 0 Å². The van der Waals surface area contributed by atoms with Crippen LogP contribution in [0.1, 0.15) is 36.8 Å². The van der Waals surface area contributed by atoms with Crippen molar-refractivity contribution in [3.63, 3.8) is 0 Å². The molecule has 114 valence electrons. The predicted molar refractivity (Wildman–Crippen MR) is 83.6 cm³/mol. The van der Waals surface area contributed by atoms with Gasteiger partial charge in [-0.25, -0.2) is 4.39 Å². The smallest absolute Gasteiger partial charge is 0.165 e. The summed E-state index contributed by atoms with van der Waals surface area (Å²) >= 11 is 3.51.